The molecule has 0 amide bonds. The van der Waals surface area contributed by atoms with E-state index in [0.717, 1.165) is 19.0 Å². The van der Waals surface area contributed by atoms with Gasteiger partial charge in [0.2, 0.25) is 0 Å². The molecule has 3 rings (SSSR count). The Morgan fingerprint density at radius 1 is 1.28 bits per heavy atom. The lowest BCUT2D eigenvalue weighted by Crippen LogP contribution is -2.52. The van der Waals surface area contributed by atoms with Gasteiger partial charge in [-0.15, -0.1) is 0 Å². The van der Waals surface area contributed by atoms with Gasteiger partial charge in [-0.05, 0) is 24.3 Å². The van der Waals surface area contributed by atoms with Crippen LogP contribution in [0.2, 0.25) is 0 Å². The number of benzene rings is 1. The van der Waals surface area contributed by atoms with E-state index in [1.807, 2.05) is 0 Å². The maximum absolute atomic E-state index is 6.51. The highest BCUT2D eigenvalue weighted by molar-refractivity contribution is 5.19. The van der Waals surface area contributed by atoms with E-state index in [0.29, 0.717) is 0 Å². The van der Waals surface area contributed by atoms with Crippen LogP contribution < -0.4 is 5.32 Å². The van der Waals surface area contributed by atoms with Crippen LogP contribution >= 0.6 is 0 Å². The lowest BCUT2D eigenvalue weighted by molar-refractivity contribution is -0.143. The standard InChI is InChI=1S/C16H23NO/c1-13-6-5-9-16(10-13)12-17-11-15(18-16)14-7-3-2-4-8-14/h2-4,7-8,13,15,17H,5-6,9-12H2,1H3. The summed E-state index contributed by atoms with van der Waals surface area (Å²) < 4.78 is 6.51. The van der Waals surface area contributed by atoms with E-state index in [-0.39, 0.29) is 11.7 Å². The summed E-state index contributed by atoms with van der Waals surface area (Å²) in [6.07, 6.45) is 5.33. The molecule has 1 aromatic carbocycles. The fourth-order valence-corrected chi connectivity index (χ4v) is 3.55. The smallest absolute Gasteiger partial charge is 0.0957 e. The van der Waals surface area contributed by atoms with Gasteiger partial charge in [0.05, 0.1) is 11.7 Å². The topological polar surface area (TPSA) is 21.3 Å². The maximum Gasteiger partial charge on any atom is 0.0957 e. The van der Waals surface area contributed by atoms with Gasteiger partial charge in [-0.3, -0.25) is 0 Å². The van der Waals surface area contributed by atoms with E-state index < -0.39 is 0 Å². The summed E-state index contributed by atoms with van der Waals surface area (Å²) >= 11 is 0. The van der Waals surface area contributed by atoms with Crippen molar-refractivity contribution in [1.82, 2.24) is 5.32 Å². The van der Waals surface area contributed by atoms with Gasteiger partial charge in [-0.1, -0.05) is 50.1 Å². The van der Waals surface area contributed by atoms with Gasteiger partial charge in [0.15, 0.2) is 0 Å². The van der Waals surface area contributed by atoms with Gasteiger partial charge in [-0.2, -0.15) is 0 Å². The first kappa shape index (κ1) is 12.2. The number of rotatable bonds is 1. The molecule has 0 radical (unpaired) electrons. The summed E-state index contributed by atoms with van der Waals surface area (Å²) in [5, 5.41) is 3.59. The van der Waals surface area contributed by atoms with Crippen molar-refractivity contribution in [3.8, 4) is 0 Å². The molecule has 1 aromatic rings. The Labute approximate surface area is 110 Å². The second-order valence-corrected chi connectivity index (χ2v) is 6.03. The lowest BCUT2D eigenvalue weighted by atomic mass is 9.77. The average Bonchev–Trinajstić information content (AvgIpc) is 2.39. The Kier molecular flexibility index (Phi) is 3.40. The predicted molar refractivity (Wildman–Crippen MR) is 73.5 cm³/mol. The van der Waals surface area contributed by atoms with Gasteiger partial charge < -0.3 is 10.1 Å². The molecule has 18 heavy (non-hydrogen) atoms. The fourth-order valence-electron chi connectivity index (χ4n) is 3.55. The summed E-state index contributed by atoms with van der Waals surface area (Å²) in [5.41, 5.74) is 1.40. The van der Waals surface area contributed by atoms with E-state index in [9.17, 15) is 0 Å². The van der Waals surface area contributed by atoms with Gasteiger partial charge in [0.25, 0.3) is 0 Å². The fraction of sp³-hybridized carbons (Fsp3) is 0.625. The highest BCUT2D eigenvalue weighted by Gasteiger charge is 2.40. The number of hydrogen-bond donors (Lipinski definition) is 1. The minimum atomic E-state index is 0.0937. The van der Waals surface area contributed by atoms with E-state index in [4.69, 9.17) is 4.74 Å². The quantitative estimate of drug-likeness (QED) is 0.819. The van der Waals surface area contributed by atoms with Gasteiger partial charge >= 0.3 is 0 Å². The van der Waals surface area contributed by atoms with E-state index in [1.165, 1.54) is 31.2 Å². The number of nitrogens with one attached hydrogen (secondary N) is 1. The Hall–Kier alpha value is -0.860. The molecule has 1 heterocycles. The summed E-state index contributed by atoms with van der Waals surface area (Å²) in [6, 6.07) is 10.6. The minimum Gasteiger partial charge on any atom is -0.364 e. The van der Waals surface area contributed by atoms with Gasteiger partial charge in [-0.25, -0.2) is 0 Å². The molecule has 3 unspecified atom stereocenters. The maximum atomic E-state index is 6.51. The SMILES string of the molecule is CC1CCCC2(CNCC(c3ccccc3)O2)C1. The molecule has 0 bridgehead atoms. The number of ether oxygens (including phenoxy) is 1. The van der Waals surface area contributed by atoms with Crippen molar-refractivity contribution in [3.05, 3.63) is 35.9 Å². The van der Waals surface area contributed by atoms with Crippen LogP contribution in [0.5, 0.6) is 0 Å². The molecule has 1 saturated heterocycles. The van der Waals surface area contributed by atoms with Crippen LogP contribution in [0.25, 0.3) is 0 Å². The van der Waals surface area contributed by atoms with Crippen molar-refractivity contribution in [2.45, 2.75) is 44.3 Å². The van der Waals surface area contributed by atoms with Crippen molar-refractivity contribution in [1.29, 1.82) is 0 Å². The van der Waals surface area contributed by atoms with Gasteiger partial charge in [0.1, 0.15) is 0 Å². The predicted octanol–water partition coefficient (Wildman–Crippen LogP) is 3.30. The van der Waals surface area contributed by atoms with Crippen LogP contribution in [0.1, 0.15) is 44.3 Å². The minimum absolute atomic E-state index is 0.0937. The Bertz CT molecular complexity index is 387. The zero-order valence-corrected chi connectivity index (χ0v) is 11.2. The lowest BCUT2D eigenvalue weighted by Gasteiger charge is -2.46. The Morgan fingerprint density at radius 2 is 2.11 bits per heavy atom. The Balaban J connectivity index is 1.75. The van der Waals surface area contributed by atoms with Crippen molar-refractivity contribution in [2.75, 3.05) is 13.1 Å². The third kappa shape index (κ3) is 2.45. The molecule has 1 N–H and O–H groups in total. The number of hydrogen-bond acceptors (Lipinski definition) is 2. The summed E-state index contributed by atoms with van der Waals surface area (Å²) in [5.74, 6) is 0.801. The Morgan fingerprint density at radius 3 is 2.89 bits per heavy atom. The second-order valence-electron chi connectivity index (χ2n) is 6.03. The molecule has 1 aliphatic heterocycles. The molecule has 2 aliphatic rings. The highest BCUT2D eigenvalue weighted by atomic mass is 16.5. The van der Waals surface area contributed by atoms with E-state index in [2.05, 4.69) is 42.6 Å². The summed E-state index contributed by atoms with van der Waals surface area (Å²) in [6.45, 7) is 4.33. The second kappa shape index (κ2) is 5.02. The average molecular weight is 245 g/mol. The molecule has 1 saturated carbocycles. The van der Waals surface area contributed by atoms with Crippen molar-refractivity contribution in [3.63, 3.8) is 0 Å². The molecule has 98 valence electrons. The molecular weight excluding hydrogens is 222 g/mol. The third-order valence-corrected chi connectivity index (χ3v) is 4.39. The van der Waals surface area contributed by atoms with Gasteiger partial charge in [0, 0.05) is 13.1 Å². The largest absolute Gasteiger partial charge is 0.364 e. The first-order valence-corrected chi connectivity index (χ1v) is 7.21. The summed E-state index contributed by atoms with van der Waals surface area (Å²) in [7, 11) is 0. The monoisotopic (exact) mass is 245 g/mol. The van der Waals surface area contributed by atoms with E-state index >= 15 is 0 Å². The first-order chi connectivity index (χ1) is 8.77. The molecule has 3 atom stereocenters. The van der Waals surface area contributed by atoms with Crippen LogP contribution in [-0.4, -0.2) is 18.7 Å². The molecule has 2 nitrogen and oxygen atoms in total. The van der Waals surface area contributed by atoms with Crippen molar-refractivity contribution >= 4 is 0 Å². The normalized spacial score (nSPS) is 36.7. The summed E-state index contributed by atoms with van der Waals surface area (Å²) in [4.78, 5) is 0. The third-order valence-electron chi connectivity index (χ3n) is 4.39. The molecule has 1 spiro atoms. The zero-order chi connectivity index (χ0) is 12.4. The van der Waals surface area contributed by atoms with Crippen molar-refractivity contribution in [2.24, 2.45) is 5.92 Å². The molecule has 0 aromatic heterocycles. The van der Waals surface area contributed by atoms with Crippen LogP contribution in [-0.2, 0) is 4.74 Å². The zero-order valence-electron chi connectivity index (χ0n) is 11.2. The van der Waals surface area contributed by atoms with Crippen LogP contribution in [0, 0.1) is 5.92 Å². The molecule has 2 fully saturated rings. The van der Waals surface area contributed by atoms with Crippen LogP contribution in [0.3, 0.4) is 0 Å². The molecule has 2 heteroatoms. The first-order valence-electron chi connectivity index (χ1n) is 7.21. The van der Waals surface area contributed by atoms with Crippen molar-refractivity contribution < 1.29 is 4.74 Å². The highest BCUT2D eigenvalue weighted by Crippen LogP contribution is 2.39. The number of morpholine rings is 1. The molecular formula is C16H23NO. The van der Waals surface area contributed by atoms with E-state index in [1.54, 1.807) is 0 Å². The van der Waals surface area contributed by atoms with Crippen LogP contribution in [0.4, 0.5) is 0 Å². The molecule has 1 aliphatic carbocycles. The van der Waals surface area contributed by atoms with Crippen LogP contribution in [0.15, 0.2) is 30.3 Å².